The quantitative estimate of drug-likeness (QED) is 0.431. The summed E-state index contributed by atoms with van der Waals surface area (Å²) >= 11 is 1.54. The van der Waals surface area contributed by atoms with Gasteiger partial charge in [0.1, 0.15) is 11.0 Å². The molecule has 0 radical (unpaired) electrons. The lowest BCUT2D eigenvalue weighted by molar-refractivity contribution is -0.127. The number of nitrogens with one attached hydrogen (secondary N) is 2. The van der Waals surface area contributed by atoms with Gasteiger partial charge in [0, 0.05) is 31.9 Å². The number of nitrogens with zero attached hydrogens (tertiary/aromatic N) is 1. The van der Waals surface area contributed by atoms with E-state index in [0.29, 0.717) is 6.42 Å². The smallest absolute Gasteiger partial charge is 0.245 e. The highest BCUT2D eigenvalue weighted by atomic mass is 32.2. The molecule has 0 bridgehead atoms. The molecule has 1 amide bonds. The molecule has 2 unspecified atom stereocenters. The molecule has 0 aromatic heterocycles. The summed E-state index contributed by atoms with van der Waals surface area (Å²) in [6, 6.07) is 8.94. The summed E-state index contributed by atoms with van der Waals surface area (Å²) in [5, 5.41) is 17.8. The molecule has 0 spiro atoms. The maximum absolute atomic E-state index is 13.2. The Morgan fingerprint density at radius 1 is 1.27 bits per heavy atom. The van der Waals surface area contributed by atoms with Crippen LogP contribution in [0.4, 0.5) is 5.69 Å². The second-order valence-electron chi connectivity index (χ2n) is 6.80. The van der Waals surface area contributed by atoms with Gasteiger partial charge in [-0.1, -0.05) is 44.9 Å². The van der Waals surface area contributed by atoms with E-state index in [9.17, 15) is 9.90 Å². The molecule has 5 nitrogen and oxygen atoms in total. The predicted octanol–water partition coefficient (Wildman–Crippen LogP) is 2.92. The third-order valence-electron chi connectivity index (χ3n) is 4.84. The van der Waals surface area contributed by atoms with Crippen LogP contribution >= 0.6 is 11.8 Å². The first-order chi connectivity index (χ1) is 12.6. The zero-order valence-electron chi connectivity index (χ0n) is 16.0. The van der Waals surface area contributed by atoms with E-state index in [0.717, 1.165) is 56.9 Å². The monoisotopic (exact) mass is 379 g/mol. The molecule has 26 heavy (non-hydrogen) atoms. The SMILES string of the molecule is CCCCCSC(O)(CC)C(C(=O)Nc1ccccc1)N1CCNCC1. The van der Waals surface area contributed by atoms with Crippen LogP contribution < -0.4 is 10.6 Å². The lowest BCUT2D eigenvalue weighted by Gasteiger charge is -2.42. The van der Waals surface area contributed by atoms with Crippen molar-refractivity contribution < 1.29 is 9.90 Å². The summed E-state index contributed by atoms with van der Waals surface area (Å²) in [4.78, 5) is 14.2. The van der Waals surface area contributed by atoms with Crippen molar-refractivity contribution in [2.45, 2.75) is 50.5 Å². The van der Waals surface area contributed by atoms with Crippen LogP contribution in [0.25, 0.3) is 0 Å². The van der Waals surface area contributed by atoms with Crippen molar-refractivity contribution in [2.75, 3.05) is 37.2 Å². The maximum atomic E-state index is 13.2. The van der Waals surface area contributed by atoms with Gasteiger partial charge in [-0.05, 0) is 30.7 Å². The van der Waals surface area contributed by atoms with Crippen LogP contribution in [0.3, 0.4) is 0 Å². The van der Waals surface area contributed by atoms with Crippen LogP contribution in [-0.4, -0.2) is 58.8 Å². The largest absolute Gasteiger partial charge is 0.377 e. The fourth-order valence-corrected chi connectivity index (χ4v) is 4.62. The number of thioether (sulfide) groups is 1. The standard InChI is InChI=1S/C20H33N3O2S/c1-3-5-9-16-26-20(25,4-2)18(23-14-12-21-13-15-23)19(24)22-17-10-7-6-8-11-17/h6-8,10-11,18,21,25H,3-5,9,12-16H2,1-2H3,(H,22,24). The van der Waals surface area contributed by atoms with Crippen LogP contribution in [0.5, 0.6) is 0 Å². The fraction of sp³-hybridized carbons (Fsp3) is 0.650. The number of rotatable bonds is 10. The Bertz CT molecular complexity index is 537. The summed E-state index contributed by atoms with van der Waals surface area (Å²) in [5.74, 6) is 0.754. The van der Waals surface area contributed by atoms with Crippen molar-refractivity contribution in [3.8, 4) is 0 Å². The topological polar surface area (TPSA) is 64.6 Å². The molecule has 0 aliphatic carbocycles. The summed E-state index contributed by atoms with van der Waals surface area (Å²) in [7, 11) is 0. The zero-order chi connectivity index (χ0) is 18.8. The number of hydrogen-bond donors (Lipinski definition) is 3. The van der Waals surface area contributed by atoms with Gasteiger partial charge in [0.15, 0.2) is 0 Å². The first-order valence-corrected chi connectivity index (χ1v) is 10.8. The molecule has 1 aliphatic heterocycles. The molecule has 1 saturated heterocycles. The van der Waals surface area contributed by atoms with Gasteiger partial charge in [-0.15, -0.1) is 11.8 Å². The molecule has 1 heterocycles. The fourth-order valence-electron chi connectivity index (χ4n) is 3.30. The molecule has 1 fully saturated rings. The highest BCUT2D eigenvalue weighted by Gasteiger charge is 2.44. The van der Waals surface area contributed by atoms with Gasteiger partial charge in [-0.25, -0.2) is 0 Å². The third kappa shape index (κ3) is 5.98. The molecule has 1 aromatic carbocycles. The Kier molecular flexibility index (Phi) is 8.91. The van der Waals surface area contributed by atoms with Crippen LogP contribution in [0, 0.1) is 0 Å². The minimum Gasteiger partial charge on any atom is -0.377 e. The highest BCUT2D eigenvalue weighted by Crippen LogP contribution is 2.34. The molecule has 0 saturated carbocycles. The average Bonchev–Trinajstić information content (AvgIpc) is 2.67. The van der Waals surface area contributed by atoms with Crippen LogP contribution in [0.1, 0.15) is 39.5 Å². The minimum atomic E-state index is -1.08. The summed E-state index contributed by atoms with van der Waals surface area (Å²) < 4.78 is 0. The van der Waals surface area contributed by atoms with Crippen molar-refractivity contribution in [1.29, 1.82) is 0 Å². The van der Waals surface area contributed by atoms with Gasteiger partial charge < -0.3 is 15.7 Å². The van der Waals surface area contributed by atoms with Crippen molar-refractivity contribution in [2.24, 2.45) is 0 Å². The Morgan fingerprint density at radius 2 is 1.96 bits per heavy atom. The van der Waals surface area contributed by atoms with Gasteiger partial charge >= 0.3 is 0 Å². The van der Waals surface area contributed by atoms with Crippen molar-refractivity contribution in [3.05, 3.63) is 30.3 Å². The number of aliphatic hydroxyl groups is 1. The molecule has 6 heteroatoms. The minimum absolute atomic E-state index is 0.120. The second kappa shape index (κ2) is 10.9. The van der Waals surface area contributed by atoms with Gasteiger partial charge in [0.2, 0.25) is 5.91 Å². The third-order valence-corrected chi connectivity index (χ3v) is 6.34. The number of piperazine rings is 1. The van der Waals surface area contributed by atoms with E-state index in [1.54, 1.807) is 0 Å². The Morgan fingerprint density at radius 3 is 2.58 bits per heavy atom. The second-order valence-corrected chi connectivity index (χ2v) is 8.20. The van der Waals surface area contributed by atoms with Gasteiger partial charge in [0.25, 0.3) is 0 Å². The van der Waals surface area contributed by atoms with E-state index in [2.05, 4.69) is 22.5 Å². The molecule has 146 valence electrons. The first-order valence-electron chi connectivity index (χ1n) is 9.77. The molecular weight excluding hydrogens is 346 g/mol. The molecular formula is C20H33N3O2S. The maximum Gasteiger partial charge on any atom is 0.245 e. The number of anilines is 1. The van der Waals surface area contributed by atoms with E-state index in [1.165, 1.54) is 11.8 Å². The highest BCUT2D eigenvalue weighted by molar-refractivity contribution is 8.00. The predicted molar refractivity (Wildman–Crippen MR) is 111 cm³/mol. The van der Waals surface area contributed by atoms with E-state index in [1.807, 2.05) is 37.3 Å². The van der Waals surface area contributed by atoms with Gasteiger partial charge in [-0.2, -0.15) is 0 Å². The molecule has 2 rings (SSSR count). The first kappa shape index (κ1) is 21.2. The number of carbonyl (C=O) groups is 1. The van der Waals surface area contributed by atoms with Gasteiger partial charge in [-0.3, -0.25) is 9.69 Å². The number of hydrogen-bond acceptors (Lipinski definition) is 5. The van der Waals surface area contributed by atoms with E-state index in [4.69, 9.17) is 0 Å². The molecule has 1 aromatic rings. The number of unbranched alkanes of at least 4 members (excludes halogenated alkanes) is 2. The summed E-state index contributed by atoms with van der Waals surface area (Å²) in [5.41, 5.74) is 0.770. The van der Waals surface area contributed by atoms with E-state index in [-0.39, 0.29) is 5.91 Å². The van der Waals surface area contributed by atoms with Crippen molar-refractivity contribution >= 4 is 23.4 Å². The lowest BCUT2D eigenvalue weighted by Crippen LogP contribution is -2.61. The van der Waals surface area contributed by atoms with E-state index < -0.39 is 11.0 Å². The van der Waals surface area contributed by atoms with Crippen LogP contribution in [0.15, 0.2) is 30.3 Å². The average molecular weight is 380 g/mol. The van der Waals surface area contributed by atoms with Crippen molar-refractivity contribution in [1.82, 2.24) is 10.2 Å². The Labute approximate surface area is 161 Å². The number of amides is 1. The normalized spacial score (nSPS) is 18.9. The van der Waals surface area contributed by atoms with Crippen LogP contribution in [-0.2, 0) is 4.79 Å². The Balaban J connectivity index is 2.16. The summed E-state index contributed by atoms with van der Waals surface area (Å²) in [6.07, 6.45) is 3.92. The molecule has 3 N–H and O–H groups in total. The summed E-state index contributed by atoms with van der Waals surface area (Å²) in [6.45, 7) is 7.37. The number of benzene rings is 1. The van der Waals surface area contributed by atoms with Crippen LogP contribution in [0.2, 0.25) is 0 Å². The lowest BCUT2D eigenvalue weighted by atomic mass is 10.0. The van der Waals surface area contributed by atoms with Gasteiger partial charge in [0.05, 0.1) is 0 Å². The molecule has 1 aliphatic rings. The number of para-hydroxylation sites is 1. The Hall–Kier alpha value is -1.08. The molecule has 2 atom stereocenters. The van der Waals surface area contributed by atoms with E-state index >= 15 is 0 Å². The van der Waals surface area contributed by atoms with Crippen molar-refractivity contribution in [3.63, 3.8) is 0 Å². The zero-order valence-corrected chi connectivity index (χ0v) is 16.9. The number of carbonyl (C=O) groups excluding carboxylic acids is 1.